The molecule has 0 unspecified atom stereocenters. The van der Waals surface area contributed by atoms with Crippen molar-refractivity contribution in [2.75, 3.05) is 18.4 Å². The van der Waals surface area contributed by atoms with E-state index in [2.05, 4.69) is 10.4 Å². The lowest BCUT2D eigenvalue weighted by molar-refractivity contribution is 0.0994. The molecule has 10 heteroatoms. The number of benzene rings is 1. The molecule has 1 amide bonds. The zero-order valence-electron chi connectivity index (χ0n) is 16.6. The molecular weight excluding hydrogens is 411 g/mol. The van der Waals surface area contributed by atoms with Gasteiger partial charge in [-0.2, -0.15) is 9.40 Å². The molecule has 158 valence electrons. The molecule has 0 spiro atoms. The number of hydrogen-bond donors (Lipinski definition) is 1. The number of carbonyl (C=O) groups excluding carboxylic acids is 1. The van der Waals surface area contributed by atoms with E-state index in [1.54, 1.807) is 13.0 Å². The lowest BCUT2D eigenvalue weighted by atomic mass is 10.3. The summed E-state index contributed by atoms with van der Waals surface area (Å²) < 4.78 is 47.2. The first-order chi connectivity index (χ1) is 14.3. The molecule has 1 saturated heterocycles. The van der Waals surface area contributed by atoms with Gasteiger partial charge in [0.15, 0.2) is 5.76 Å². The highest BCUT2D eigenvalue weighted by molar-refractivity contribution is 7.89. The van der Waals surface area contributed by atoms with E-state index >= 15 is 0 Å². The number of amides is 1. The van der Waals surface area contributed by atoms with Crippen molar-refractivity contribution in [3.8, 4) is 5.69 Å². The zero-order chi connectivity index (χ0) is 21.5. The molecule has 3 heterocycles. The highest BCUT2D eigenvalue weighted by atomic mass is 32.2. The summed E-state index contributed by atoms with van der Waals surface area (Å²) >= 11 is 0. The van der Waals surface area contributed by atoms with Crippen LogP contribution in [0.2, 0.25) is 0 Å². The molecule has 1 aliphatic rings. The Morgan fingerprint density at radius 3 is 2.47 bits per heavy atom. The Hall–Kier alpha value is -2.98. The molecular formula is C20H21FN4O4S. The molecule has 1 aromatic carbocycles. The largest absolute Gasteiger partial charge is 0.455 e. The van der Waals surface area contributed by atoms with Gasteiger partial charge in [0, 0.05) is 25.2 Å². The van der Waals surface area contributed by atoms with Crippen molar-refractivity contribution in [1.29, 1.82) is 0 Å². The summed E-state index contributed by atoms with van der Waals surface area (Å²) in [6, 6.07) is 8.57. The molecule has 30 heavy (non-hydrogen) atoms. The van der Waals surface area contributed by atoms with Crippen LogP contribution in [-0.2, 0) is 10.0 Å². The number of halogens is 1. The summed E-state index contributed by atoms with van der Waals surface area (Å²) in [5, 5.41) is 7.01. The number of furan rings is 1. The average Bonchev–Trinajstić information content (AvgIpc) is 3.43. The second-order valence-corrected chi connectivity index (χ2v) is 9.06. The summed E-state index contributed by atoms with van der Waals surface area (Å²) in [6.07, 6.45) is 1.63. The van der Waals surface area contributed by atoms with E-state index in [4.69, 9.17) is 4.42 Å². The van der Waals surface area contributed by atoms with E-state index in [0.29, 0.717) is 30.3 Å². The van der Waals surface area contributed by atoms with Gasteiger partial charge in [0.05, 0.1) is 11.4 Å². The quantitative estimate of drug-likeness (QED) is 0.667. The lowest BCUT2D eigenvalue weighted by Crippen LogP contribution is -2.28. The summed E-state index contributed by atoms with van der Waals surface area (Å²) in [6.45, 7) is 4.20. The second-order valence-electron chi connectivity index (χ2n) is 7.16. The molecule has 1 fully saturated rings. The Kier molecular flexibility index (Phi) is 5.20. The summed E-state index contributed by atoms with van der Waals surface area (Å²) in [4.78, 5) is 12.8. The van der Waals surface area contributed by atoms with Gasteiger partial charge in [0.25, 0.3) is 5.91 Å². The van der Waals surface area contributed by atoms with Crippen LogP contribution in [0, 0.1) is 19.7 Å². The van der Waals surface area contributed by atoms with Crippen molar-refractivity contribution >= 4 is 21.7 Å². The van der Waals surface area contributed by atoms with Gasteiger partial charge >= 0.3 is 0 Å². The standard InChI is InChI=1S/C20H21FN4O4S/c1-13-11-19(25(23-13)16-7-5-15(21)6-8-16)22-20(26)17-12-18(14(2)29-17)30(27,28)24-9-3-4-10-24/h5-8,11-12H,3-4,9-10H2,1-2H3,(H,22,26). The topological polar surface area (TPSA) is 97.4 Å². The van der Waals surface area contributed by atoms with E-state index in [1.165, 1.54) is 46.2 Å². The van der Waals surface area contributed by atoms with Crippen LogP contribution in [0.5, 0.6) is 0 Å². The SMILES string of the molecule is Cc1cc(NC(=O)c2cc(S(=O)(=O)N3CCCC3)c(C)o2)n(-c2ccc(F)cc2)n1. The number of aryl methyl sites for hydroxylation is 2. The Labute approximate surface area is 173 Å². The second kappa shape index (κ2) is 7.69. The van der Waals surface area contributed by atoms with Gasteiger partial charge in [-0.25, -0.2) is 17.5 Å². The fourth-order valence-corrected chi connectivity index (χ4v) is 5.12. The molecule has 2 aromatic heterocycles. The van der Waals surface area contributed by atoms with Crippen molar-refractivity contribution in [2.24, 2.45) is 0 Å². The number of rotatable bonds is 5. The number of nitrogens with one attached hydrogen (secondary N) is 1. The van der Waals surface area contributed by atoms with Crippen molar-refractivity contribution in [3.05, 3.63) is 59.4 Å². The minimum atomic E-state index is -3.70. The Morgan fingerprint density at radius 1 is 1.13 bits per heavy atom. The maximum absolute atomic E-state index is 13.2. The lowest BCUT2D eigenvalue weighted by Gasteiger charge is -2.14. The molecule has 4 rings (SSSR count). The molecule has 0 aliphatic carbocycles. The van der Waals surface area contributed by atoms with Crippen molar-refractivity contribution in [2.45, 2.75) is 31.6 Å². The Morgan fingerprint density at radius 2 is 1.80 bits per heavy atom. The van der Waals surface area contributed by atoms with E-state index in [-0.39, 0.29) is 22.2 Å². The molecule has 0 bridgehead atoms. The van der Waals surface area contributed by atoms with E-state index in [1.807, 2.05) is 0 Å². The predicted octanol–water partition coefficient (Wildman–Crippen LogP) is 3.26. The smallest absolute Gasteiger partial charge is 0.292 e. The molecule has 1 aliphatic heterocycles. The Bertz CT molecular complexity index is 1190. The van der Waals surface area contributed by atoms with Crippen LogP contribution < -0.4 is 5.32 Å². The first kappa shape index (κ1) is 20.3. The zero-order valence-corrected chi connectivity index (χ0v) is 17.4. The van der Waals surface area contributed by atoms with Gasteiger partial charge in [-0.15, -0.1) is 0 Å². The normalized spacial score (nSPS) is 14.9. The molecule has 1 N–H and O–H groups in total. The van der Waals surface area contributed by atoms with Crippen molar-refractivity contribution < 1.29 is 22.0 Å². The first-order valence-electron chi connectivity index (χ1n) is 9.50. The molecule has 0 atom stereocenters. The molecule has 0 radical (unpaired) electrons. The minimum absolute atomic E-state index is 0.00206. The van der Waals surface area contributed by atoms with Crippen molar-refractivity contribution in [1.82, 2.24) is 14.1 Å². The van der Waals surface area contributed by atoms with Crippen LogP contribution in [0.1, 0.15) is 34.9 Å². The number of hydrogen-bond acceptors (Lipinski definition) is 5. The third kappa shape index (κ3) is 3.75. The monoisotopic (exact) mass is 432 g/mol. The van der Waals surface area contributed by atoms with Crippen molar-refractivity contribution in [3.63, 3.8) is 0 Å². The van der Waals surface area contributed by atoms with Crippen LogP contribution in [0.4, 0.5) is 10.2 Å². The third-order valence-corrected chi connectivity index (χ3v) is 6.93. The maximum atomic E-state index is 13.2. The number of nitrogens with zero attached hydrogens (tertiary/aromatic N) is 3. The molecule has 0 saturated carbocycles. The van der Waals surface area contributed by atoms with Crippen LogP contribution in [-0.4, -0.2) is 41.5 Å². The molecule has 8 nitrogen and oxygen atoms in total. The maximum Gasteiger partial charge on any atom is 0.292 e. The summed E-state index contributed by atoms with van der Waals surface area (Å²) in [7, 11) is -3.70. The van der Waals surface area contributed by atoms with E-state index < -0.39 is 15.9 Å². The van der Waals surface area contributed by atoms with Gasteiger partial charge < -0.3 is 9.73 Å². The van der Waals surface area contributed by atoms with Gasteiger partial charge in [-0.3, -0.25) is 4.79 Å². The summed E-state index contributed by atoms with van der Waals surface area (Å²) in [5.41, 5.74) is 1.20. The van der Waals surface area contributed by atoms with Crippen LogP contribution >= 0.6 is 0 Å². The van der Waals surface area contributed by atoms with Gasteiger partial charge in [-0.1, -0.05) is 0 Å². The number of anilines is 1. The third-order valence-electron chi connectivity index (χ3n) is 4.92. The number of aromatic nitrogens is 2. The summed E-state index contributed by atoms with van der Waals surface area (Å²) in [5.74, 6) is -0.595. The van der Waals surface area contributed by atoms with E-state index in [0.717, 1.165) is 12.8 Å². The minimum Gasteiger partial charge on any atom is -0.455 e. The molecule has 3 aromatic rings. The fraction of sp³-hybridized carbons (Fsp3) is 0.300. The van der Waals surface area contributed by atoms with Gasteiger partial charge in [-0.05, 0) is 51.0 Å². The Balaban J connectivity index is 1.61. The van der Waals surface area contributed by atoms with E-state index in [9.17, 15) is 17.6 Å². The predicted molar refractivity (Wildman–Crippen MR) is 108 cm³/mol. The van der Waals surface area contributed by atoms with Gasteiger partial charge in [0.1, 0.15) is 22.3 Å². The number of sulfonamides is 1. The first-order valence-corrected chi connectivity index (χ1v) is 10.9. The van der Waals surface area contributed by atoms with Gasteiger partial charge in [0.2, 0.25) is 10.0 Å². The average molecular weight is 432 g/mol. The highest BCUT2D eigenvalue weighted by Gasteiger charge is 2.32. The van der Waals surface area contributed by atoms with Crippen LogP contribution in [0.3, 0.4) is 0 Å². The number of carbonyl (C=O) groups is 1. The van der Waals surface area contributed by atoms with Crippen LogP contribution in [0.25, 0.3) is 5.69 Å². The highest BCUT2D eigenvalue weighted by Crippen LogP contribution is 2.27. The van der Waals surface area contributed by atoms with Crippen LogP contribution in [0.15, 0.2) is 45.7 Å². The fourth-order valence-electron chi connectivity index (χ4n) is 3.45.